The zero-order valence-corrected chi connectivity index (χ0v) is 13.0. The fourth-order valence-corrected chi connectivity index (χ4v) is 2.97. The Labute approximate surface area is 126 Å². The number of benzene rings is 1. The second-order valence-corrected chi connectivity index (χ2v) is 6.63. The number of hydroxylamine groups is 2. The van der Waals surface area contributed by atoms with Crippen molar-refractivity contribution < 1.29 is 15.1 Å². The van der Waals surface area contributed by atoms with Gasteiger partial charge in [0.05, 0.1) is 12.7 Å². The van der Waals surface area contributed by atoms with Crippen molar-refractivity contribution in [1.29, 1.82) is 0 Å². The zero-order valence-electron chi connectivity index (χ0n) is 13.0. The van der Waals surface area contributed by atoms with E-state index in [1.54, 1.807) is 13.0 Å². The van der Waals surface area contributed by atoms with E-state index in [-0.39, 0.29) is 6.10 Å². The first kappa shape index (κ1) is 16.2. The molecular weight excluding hydrogens is 266 g/mol. The largest absolute Gasteiger partial charge is 0.374 e. The molecule has 0 aromatic heterocycles. The Morgan fingerprint density at radius 2 is 1.90 bits per heavy atom. The summed E-state index contributed by atoms with van der Waals surface area (Å²) in [5, 5.41) is 21.4. The Morgan fingerprint density at radius 1 is 1.29 bits per heavy atom. The molecule has 1 aliphatic heterocycles. The Morgan fingerprint density at radius 3 is 2.43 bits per heavy atom. The molecule has 0 radical (unpaired) electrons. The van der Waals surface area contributed by atoms with Crippen LogP contribution in [0.1, 0.15) is 44.7 Å². The Balaban J connectivity index is 1.98. The summed E-state index contributed by atoms with van der Waals surface area (Å²) in [7, 11) is 0. The van der Waals surface area contributed by atoms with Gasteiger partial charge in [0.1, 0.15) is 5.72 Å². The summed E-state index contributed by atoms with van der Waals surface area (Å²) >= 11 is 0. The van der Waals surface area contributed by atoms with Gasteiger partial charge in [-0.05, 0) is 38.3 Å². The SMILES string of the molecule is C=Cc1ccc(COC2CC(C)(C)N(O)C(C)(O)C2)cc1. The fraction of sp³-hybridized carbons (Fsp3) is 0.529. The van der Waals surface area contributed by atoms with E-state index in [1.165, 1.54) is 0 Å². The molecule has 1 aromatic carbocycles. The van der Waals surface area contributed by atoms with Crippen molar-refractivity contribution in [2.45, 2.75) is 57.6 Å². The molecule has 1 fully saturated rings. The minimum Gasteiger partial charge on any atom is -0.374 e. The molecule has 116 valence electrons. The lowest BCUT2D eigenvalue weighted by molar-refractivity contribution is -0.331. The molecule has 1 aromatic rings. The summed E-state index contributed by atoms with van der Waals surface area (Å²) in [4.78, 5) is 0. The number of hydrogen-bond donors (Lipinski definition) is 2. The summed E-state index contributed by atoms with van der Waals surface area (Å²) < 4.78 is 5.94. The maximum atomic E-state index is 10.3. The van der Waals surface area contributed by atoms with Crippen molar-refractivity contribution in [2.24, 2.45) is 0 Å². The molecule has 4 nitrogen and oxygen atoms in total. The lowest BCUT2D eigenvalue weighted by Gasteiger charge is -2.49. The van der Waals surface area contributed by atoms with Gasteiger partial charge in [-0.3, -0.25) is 0 Å². The molecule has 21 heavy (non-hydrogen) atoms. The summed E-state index contributed by atoms with van der Waals surface area (Å²) in [6.45, 7) is 9.64. The first-order valence-corrected chi connectivity index (χ1v) is 7.29. The molecule has 0 aliphatic carbocycles. The highest BCUT2D eigenvalue weighted by Crippen LogP contribution is 2.36. The number of ether oxygens (including phenoxy) is 1. The van der Waals surface area contributed by atoms with Crippen LogP contribution in [0.4, 0.5) is 0 Å². The van der Waals surface area contributed by atoms with Crippen LogP contribution in [-0.4, -0.2) is 32.7 Å². The first-order valence-electron chi connectivity index (χ1n) is 7.29. The van der Waals surface area contributed by atoms with Gasteiger partial charge in [0.15, 0.2) is 0 Å². The van der Waals surface area contributed by atoms with Gasteiger partial charge in [-0.2, -0.15) is 5.06 Å². The van der Waals surface area contributed by atoms with Crippen LogP contribution in [0.3, 0.4) is 0 Å². The topological polar surface area (TPSA) is 52.9 Å². The average molecular weight is 291 g/mol. The standard InChI is InChI=1S/C17H25NO3/c1-5-13-6-8-14(9-7-13)12-21-15-10-16(2,3)18(20)17(4,19)11-15/h5-9,15,19-20H,1,10-12H2,2-4H3. The van der Waals surface area contributed by atoms with Crippen molar-refractivity contribution in [3.05, 3.63) is 42.0 Å². The highest BCUT2D eigenvalue weighted by Gasteiger charge is 2.47. The number of aliphatic hydroxyl groups is 1. The minimum atomic E-state index is -1.26. The monoisotopic (exact) mass is 291 g/mol. The number of rotatable bonds is 4. The van der Waals surface area contributed by atoms with Crippen LogP contribution in [0, 0.1) is 0 Å². The molecule has 2 rings (SSSR count). The van der Waals surface area contributed by atoms with Crippen molar-refractivity contribution in [3.63, 3.8) is 0 Å². The second-order valence-electron chi connectivity index (χ2n) is 6.63. The average Bonchev–Trinajstić information content (AvgIpc) is 2.42. The molecular formula is C17H25NO3. The van der Waals surface area contributed by atoms with Crippen LogP contribution in [0.2, 0.25) is 0 Å². The molecule has 2 N–H and O–H groups in total. The van der Waals surface area contributed by atoms with Crippen LogP contribution >= 0.6 is 0 Å². The summed E-state index contributed by atoms with van der Waals surface area (Å²) in [5.74, 6) is 0. The number of hydrogen-bond acceptors (Lipinski definition) is 4. The first-order chi connectivity index (χ1) is 9.74. The van der Waals surface area contributed by atoms with Crippen LogP contribution < -0.4 is 0 Å². The van der Waals surface area contributed by atoms with Gasteiger partial charge in [-0.15, -0.1) is 0 Å². The molecule has 1 heterocycles. The highest BCUT2D eigenvalue weighted by atomic mass is 16.6. The second kappa shape index (κ2) is 5.89. The van der Waals surface area contributed by atoms with Crippen molar-refractivity contribution >= 4 is 6.08 Å². The van der Waals surface area contributed by atoms with Crippen LogP contribution in [0.25, 0.3) is 6.08 Å². The highest BCUT2D eigenvalue weighted by molar-refractivity contribution is 5.47. The normalized spacial score (nSPS) is 29.3. The van der Waals surface area contributed by atoms with Gasteiger partial charge in [-0.25, -0.2) is 0 Å². The predicted octanol–water partition coefficient (Wildman–Crippen LogP) is 3.19. The van der Waals surface area contributed by atoms with Gasteiger partial charge < -0.3 is 15.1 Å². The van der Waals surface area contributed by atoms with Gasteiger partial charge >= 0.3 is 0 Å². The molecule has 2 atom stereocenters. The molecule has 0 amide bonds. The third kappa shape index (κ3) is 3.71. The zero-order chi connectivity index (χ0) is 15.7. The van der Waals surface area contributed by atoms with Crippen molar-refractivity contribution in [1.82, 2.24) is 5.06 Å². The van der Waals surface area contributed by atoms with Crippen LogP contribution in [-0.2, 0) is 11.3 Å². The van der Waals surface area contributed by atoms with E-state index >= 15 is 0 Å². The van der Waals surface area contributed by atoms with Crippen LogP contribution in [0.15, 0.2) is 30.8 Å². The minimum absolute atomic E-state index is 0.0857. The van der Waals surface area contributed by atoms with E-state index in [0.717, 1.165) is 16.2 Å². The van der Waals surface area contributed by atoms with Gasteiger partial charge in [0.2, 0.25) is 0 Å². The molecule has 4 heteroatoms. The Kier molecular flexibility index (Phi) is 4.54. The fourth-order valence-electron chi connectivity index (χ4n) is 2.97. The Bertz CT molecular complexity index is 475. The quantitative estimate of drug-likeness (QED) is 0.894. The maximum absolute atomic E-state index is 10.3. The molecule has 1 aliphatic rings. The number of piperidine rings is 1. The summed E-state index contributed by atoms with van der Waals surface area (Å²) in [6.07, 6.45) is 2.78. The van der Waals surface area contributed by atoms with Gasteiger partial charge in [0.25, 0.3) is 0 Å². The van der Waals surface area contributed by atoms with E-state index in [4.69, 9.17) is 4.74 Å². The summed E-state index contributed by atoms with van der Waals surface area (Å²) in [5.41, 5.74) is 0.388. The molecule has 0 bridgehead atoms. The van der Waals surface area contributed by atoms with Gasteiger partial charge in [0, 0.05) is 12.0 Å². The van der Waals surface area contributed by atoms with E-state index < -0.39 is 11.3 Å². The summed E-state index contributed by atoms with van der Waals surface area (Å²) in [6, 6.07) is 8.03. The molecule has 0 spiro atoms. The third-order valence-corrected chi connectivity index (χ3v) is 4.07. The van der Waals surface area contributed by atoms with E-state index in [0.29, 0.717) is 19.4 Å². The molecule has 1 saturated heterocycles. The van der Waals surface area contributed by atoms with Gasteiger partial charge in [-0.1, -0.05) is 36.9 Å². The molecule has 0 saturated carbocycles. The third-order valence-electron chi connectivity index (χ3n) is 4.07. The van der Waals surface area contributed by atoms with Crippen LogP contribution in [0.5, 0.6) is 0 Å². The maximum Gasteiger partial charge on any atom is 0.140 e. The Hall–Kier alpha value is -1.20. The van der Waals surface area contributed by atoms with Crippen molar-refractivity contribution in [3.8, 4) is 0 Å². The lowest BCUT2D eigenvalue weighted by atomic mass is 9.85. The lowest BCUT2D eigenvalue weighted by Crippen LogP contribution is -2.61. The number of nitrogens with zero attached hydrogens (tertiary/aromatic N) is 1. The van der Waals surface area contributed by atoms with E-state index in [2.05, 4.69) is 6.58 Å². The smallest absolute Gasteiger partial charge is 0.140 e. The van der Waals surface area contributed by atoms with E-state index in [1.807, 2.05) is 38.1 Å². The van der Waals surface area contributed by atoms with E-state index in [9.17, 15) is 10.3 Å². The predicted molar refractivity (Wildman–Crippen MR) is 82.7 cm³/mol. The molecule has 2 unspecified atom stereocenters. The van der Waals surface area contributed by atoms with Crippen molar-refractivity contribution in [2.75, 3.05) is 0 Å².